The van der Waals surface area contributed by atoms with E-state index in [0.29, 0.717) is 18.2 Å². The van der Waals surface area contributed by atoms with Crippen LogP contribution < -0.4 is 5.32 Å². The van der Waals surface area contributed by atoms with Crippen molar-refractivity contribution in [3.8, 4) is 0 Å². The van der Waals surface area contributed by atoms with Crippen molar-refractivity contribution >= 4 is 5.91 Å². The third-order valence-electron chi connectivity index (χ3n) is 2.74. The van der Waals surface area contributed by atoms with E-state index in [-0.39, 0.29) is 5.91 Å². The van der Waals surface area contributed by atoms with Gasteiger partial charge in [-0.05, 0) is 26.3 Å². The van der Waals surface area contributed by atoms with E-state index in [1.807, 2.05) is 11.9 Å². The molecule has 0 radical (unpaired) electrons. The molecule has 1 aromatic rings. The maximum absolute atomic E-state index is 12.0. The molecule has 5 heteroatoms. The van der Waals surface area contributed by atoms with E-state index >= 15 is 0 Å². The van der Waals surface area contributed by atoms with Gasteiger partial charge in [0.05, 0.1) is 12.7 Å². The number of nitrogens with one attached hydrogen (secondary N) is 1. The molecule has 0 bridgehead atoms. The van der Waals surface area contributed by atoms with Crippen molar-refractivity contribution in [1.82, 2.24) is 15.2 Å². The van der Waals surface area contributed by atoms with E-state index in [1.165, 1.54) is 12.6 Å². The predicted octanol–water partition coefficient (Wildman–Crippen LogP) is 1.02. The monoisotopic (exact) mass is 223 g/mol. The fourth-order valence-electron chi connectivity index (χ4n) is 1.89. The van der Waals surface area contributed by atoms with Crippen LogP contribution in [0.15, 0.2) is 10.6 Å². The van der Waals surface area contributed by atoms with Crippen molar-refractivity contribution in [2.24, 2.45) is 0 Å². The average molecular weight is 223 g/mol. The highest BCUT2D eigenvalue weighted by atomic mass is 16.4. The van der Waals surface area contributed by atoms with Crippen molar-refractivity contribution in [3.63, 3.8) is 0 Å². The third kappa shape index (κ3) is 2.41. The van der Waals surface area contributed by atoms with Gasteiger partial charge in [-0.1, -0.05) is 0 Å². The van der Waals surface area contributed by atoms with Gasteiger partial charge in [-0.2, -0.15) is 0 Å². The lowest BCUT2D eigenvalue weighted by Crippen LogP contribution is -2.35. The summed E-state index contributed by atoms with van der Waals surface area (Å²) in [5, 5.41) is 2.93. The van der Waals surface area contributed by atoms with E-state index in [4.69, 9.17) is 4.42 Å². The van der Waals surface area contributed by atoms with Gasteiger partial charge in [0.2, 0.25) is 11.7 Å². The molecule has 1 aliphatic heterocycles. The van der Waals surface area contributed by atoms with E-state index in [9.17, 15) is 4.79 Å². The van der Waals surface area contributed by atoms with Crippen LogP contribution in [-0.2, 0) is 6.54 Å². The first-order valence-electron chi connectivity index (χ1n) is 5.70. The Morgan fingerprint density at radius 1 is 1.50 bits per heavy atom. The zero-order chi connectivity index (χ0) is 11.4. The van der Waals surface area contributed by atoms with Crippen molar-refractivity contribution in [2.75, 3.05) is 20.1 Å². The molecule has 1 amide bonds. The molecule has 0 spiro atoms. The number of nitrogens with zero attached hydrogens (tertiary/aromatic N) is 2. The second kappa shape index (κ2) is 5.12. The number of amides is 1. The maximum Gasteiger partial charge on any atom is 0.291 e. The molecule has 16 heavy (non-hydrogen) atoms. The van der Waals surface area contributed by atoms with Gasteiger partial charge in [0.25, 0.3) is 5.91 Å². The van der Waals surface area contributed by atoms with E-state index in [1.54, 1.807) is 0 Å². The van der Waals surface area contributed by atoms with Crippen LogP contribution in [0.1, 0.15) is 35.7 Å². The van der Waals surface area contributed by atoms with Gasteiger partial charge in [0.15, 0.2) is 0 Å². The number of carbonyl (C=O) groups excluding carboxylic acids is 1. The van der Waals surface area contributed by atoms with Crippen LogP contribution >= 0.6 is 0 Å². The van der Waals surface area contributed by atoms with Crippen LogP contribution in [0.25, 0.3) is 0 Å². The largest absolute Gasteiger partial charge is 0.434 e. The molecule has 1 saturated heterocycles. The molecule has 1 aliphatic rings. The zero-order valence-electron chi connectivity index (χ0n) is 9.53. The van der Waals surface area contributed by atoms with Crippen LogP contribution in [0.4, 0.5) is 0 Å². The third-order valence-corrected chi connectivity index (χ3v) is 2.74. The molecule has 0 atom stereocenters. The van der Waals surface area contributed by atoms with Crippen molar-refractivity contribution in [3.05, 3.63) is 17.8 Å². The van der Waals surface area contributed by atoms with Gasteiger partial charge in [-0.25, -0.2) is 4.98 Å². The Hall–Kier alpha value is -1.36. The summed E-state index contributed by atoms with van der Waals surface area (Å²) in [5.74, 6) is 0.879. The lowest BCUT2D eigenvalue weighted by atomic mass is 10.1. The molecule has 0 aliphatic carbocycles. The quantitative estimate of drug-likeness (QED) is 0.831. The molecule has 2 rings (SSSR count). The van der Waals surface area contributed by atoms with Crippen LogP contribution in [0.2, 0.25) is 0 Å². The van der Waals surface area contributed by atoms with Crippen LogP contribution in [0.3, 0.4) is 0 Å². The SMILES string of the molecule is CNCc1ncc(C(=O)N2CCCCC2)o1. The summed E-state index contributed by atoms with van der Waals surface area (Å²) in [4.78, 5) is 17.9. The number of hydrogen-bond acceptors (Lipinski definition) is 4. The highest BCUT2D eigenvalue weighted by molar-refractivity contribution is 5.91. The molecular weight excluding hydrogens is 206 g/mol. The molecular formula is C11H17N3O2. The summed E-state index contributed by atoms with van der Waals surface area (Å²) in [6.45, 7) is 2.22. The topological polar surface area (TPSA) is 58.4 Å². The molecule has 1 aromatic heterocycles. The second-order valence-electron chi connectivity index (χ2n) is 4.00. The van der Waals surface area contributed by atoms with Gasteiger partial charge in [-0.3, -0.25) is 4.79 Å². The normalized spacial score (nSPS) is 16.4. The number of rotatable bonds is 3. The first kappa shape index (κ1) is 11.1. The summed E-state index contributed by atoms with van der Waals surface area (Å²) in [5.41, 5.74) is 0. The Morgan fingerprint density at radius 3 is 2.94 bits per heavy atom. The lowest BCUT2D eigenvalue weighted by molar-refractivity contribution is 0.0690. The Balaban J connectivity index is 2.01. The summed E-state index contributed by atoms with van der Waals surface area (Å²) in [6, 6.07) is 0. The predicted molar refractivity (Wildman–Crippen MR) is 59.0 cm³/mol. The van der Waals surface area contributed by atoms with Crippen LogP contribution in [0.5, 0.6) is 0 Å². The lowest BCUT2D eigenvalue weighted by Gasteiger charge is -2.25. The van der Waals surface area contributed by atoms with Crippen LogP contribution in [-0.4, -0.2) is 35.9 Å². The number of hydrogen-bond donors (Lipinski definition) is 1. The summed E-state index contributed by atoms with van der Waals surface area (Å²) in [7, 11) is 1.82. The Labute approximate surface area is 94.8 Å². The van der Waals surface area contributed by atoms with E-state index < -0.39 is 0 Å². The molecule has 2 heterocycles. The number of piperidine rings is 1. The molecule has 0 unspecified atom stereocenters. The minimum absolute atomic E-state index is 0.0328. The van der Waals surface area contributed by atoms with Crippen molar-refractivity contribution in [1.29, 1.82) is 0 Å². The fraction of sp³-hybridized carbons (Fsp3) is 0.636. The zero-order valence-corrected chi connectivity index (χ0v) is 9.53. The average Bonchev–Trinajstić information content (AvgIpc) is 2.78. The number of carbonyl (C=O) groups is 1. The summed E-state index contributed by atoms with van der Waals surface area (Å²) < 4.78 is 5.37. The first-order valence-corrected chi connectivity index (χ1v) is 5.70. The maximum atomic E-state index is 12.0. The van der Waals surface area contributed by atoms with Gasteiger partial charge in [-0.15, -0.1) is 0 Å². The highest BCUT2D eigenvalue weighted by Crippen LogP contribution is 2.13. The Kier molecular flexibility index (Phi) is 3.56. The molecule has 1 N–H and O–H groups in total. The molecule has 1 fully saturated rings. The summed E-state index contributed by atoms with van der Waals surface area (Å²) in [6.07, 6.45) is 4.90. The van der Waals surface area contributed by atoms with Crippen molar-refractivity contribution < 1.29 is 9.21 Å². The Bertz CT molecular complexity index is 356. The molecule has 0 aromatic carbocycles. The number of oxazole rings is 1. The van der Waals surface area contributed by atoms with Gasteiger partial charge in [0.1, 0.15) is 0 Å². The molecule has 5 nitrogen and oxygen atoms in total. The number of aromatic nitrogens is 1. The highest BCUT2D eigenvalue weighted by Gasteiger charge is 2.21. The second-order valence-corrected chi connectivity index (χ2v) is 4.00. The fourth-order valence-corrected chi connectivity index (χ4v) is 1.89. The van der Waals surface area contributed by atoms with E-state index in [2.05, 4.69) is 10.3 Å². The van der Waals surface area contributed by atoms with Gasteiger partial charge < -0.3 is 14.6 Å². The van der Waals surface area contributed by atoms with E-state index in [0.717, 1.165) is 25.9 Å². The minimum atomic E-state index is -0.0328. The van der Waals surface area contributed by atoms with Gasteiger partial charge >= 0.3 is 0 Å². The van der Waals surface area contributed by atoms with Gasteiger partial charge in [0, 0.05) is 13.1 Å². The Morgan fingerprint density at radius 2 is 2.25 bits per heavy atom. The minimum Gasteiger partial charge on any atom is -0.434 e. The molecule has 0 saturated carbocycles. The van der Waals surface area contributed by atoms with Crippen LogP contribution in [0, 0.1) is 0 Å². The number of likely N-dealkylation sites (tertiary alicyclic amines) is 1. The molecule has 88 valence electrons. The smallest absolute Gasteiger partial charge is 0.291 e. The summed E-state index contributed by atoms with van der Waals surface area (Å²) >= 11 is 0. The van der Waals surface area contributed by atoms with Crippen molar-refractivity contribution in [2.45, 2.75) is 25.8 Å². The standard InChI is InChI=1S/C11H17N3O2/c1-12-8-10-13-7-9(16-10)11(15)14-5-3-2-4-6-14/h7,12H,2-6,8H2,1H3. The first-order chi connectivity index (χ1) is 7.81.